The fraction of sp³-hybridized carbons (Fsp3) is 0.900. The van der Waals surface area contributed by atoms with Crippen molar-refractivity contribution in [3.63, 3.8) is 0 Å². The van der Waals surface area contributed by atoms with E-state index in [-0.39, 0.29) is 44.2 Å². The number of carbonyl (C=O) groups is 4. The van der Waals surface area contributed by atoms with Gasteiger partial charge in [-0.3, -0.25) is 19.2 Å². The molecule has 1 rings (SSSR count). The monoisotopic (exact) mass is 774 g/mol. The number of nitrogens with one attached hydrogen (secondary N) is 3. The highest BCUT2D eigenvalue weighted by molar-refractivity contribution is 5.88. The van der Waals surface area contributed by atoms with Crippen LogP contribution in [0, 0.1) is 0 Å². The molecule has 0 aromatic heterocycles. The SMILES string of the molecule is CCCCCCCCCCCCCC(=O)N[C@@H](CO[C@@H]1O[C@H](CO)[C@@H](O)[C@H](O)[C@H]1NC(=O)CCCCCCCCCCCCCO)C(=O)NCCC(=O)O. The molecular formula is C40H75N3O11. The summed E-state index contributed by atoms with van der Waals surface area (Å²) in [5, 5.41) is 56.9. The average Bonchev–Trinajstić information content (AvgIpc) is 3.15. The molecule has 54 heavy (non-hydrogen) atoms. The summed E-state index contributed by atoms with van der Waals surface area (Å²) >= 11 is 0. The van der Waals surface area contributed by atoms with Gasteiger partial charge in [-0.2, -0.15) is 0 Å². The van der Waals surface area contributed by atoms with E-state index in [1.54, 1.807) is 0 Å². The number of ether oxygens (including phenoxy) is 2. The second-order valence-electron chi connectivity index (χ2n) is 14.8. The van der Waals surface area contributed by atoms with E-state index in [0.717, 1.165) is 64.2 Å². The Morgan fingerprint density at radius 1 is 0.648 bits per heavy atom. The van der Waals surface area contributed by atoms with Crippen molar-refractivity contribution in [3.8, 4) is 0 Å². The Morgan fingerprint density at radius 2 is 1.13 bits per heavy atom. The minimum atomic E-state index is -1.55. The molecule has 14 nitrogen and oxygen atoms in total. The zero-order valence-electron chi connectivity index (χ0n) is 33.2. The minimum absolute atomic E-state index is 0.165. The molecule has 0 unspecified atom stereocenters. The molecule has 0 aromatic rings. The van der Waals surface area contributed by atoms with Crippen molar-refractivity contribution < 1.29 is 54.2 Å². The summed E-state index contributed by atoms with van der Waals surface area (Å²) in [6, 6.07) is -2.46. The third-order valence-electron chi connectivity index (χ3n) is 9.99. The lowest BCUT2D eigenvalue weighted by molar-refractivity contribution is -0.271. The lowest BCUT2D eigenvalue weighted by Gasteiger charge is -2.42. The van der Waals surface area contributed by atoms with Crippen molar-refractivity contribution in [1.29, 1.82) is 0 Å². The van der Waals surface area contributed by atoms with Crippen LogP contribution in [0.5, 0.6) is 0 Å². The second kappa shape index (κ2) is 32.8. The van der Waals surface area contributed by atoms with E-state index in [9.17, 15) is 34.5 Å². The van der Waals surface area contributed by atoms with Gasteiger partial charge in [-0.25, -0.2) is 0 Å². The van der Waals surface area contributed by atoms with Gasteiger partial charge in [0.15, 0.2) is 6.29 Å². The van der Waals surface area contributed by atoms with Gasteiger partial charge in [-0.1, -0.05) is 129 Å². The van der Waals surface area contributed by atoms with Crippen LogP contribution < -0.4 is 16.0 Å². The lowest BCUT2D eigenvalue weighted by Crippen LogP contribution is -2.65. The van der Waals surface area contributed by atoms with E-state index in [0.29, 0.717) is 12.8 Å². The highest BCUT2D eigenvalue weighted by atomic mass is 16.7. The van der Waals surface area contributed by atoms with E-state index in [1.165, 1.54) is 64.2 Å². The molecule has 14 heteroatoms. The number of hydrogen-bond acceptors (Lipinski definition) is 10. The van der Waals surface area contributed by atoms with Crippen LogP contribution in [-0.4, -0.2) is 112 Å². The Bertz CT molecular complexity index is 989. The summed E-state index contributed by atoms with van der Waals surface area (Å²) in [5.74, 6) is -2.52. The van der Waals surface area contributed by atoms with Gasteiger partial charge in [0.1, 0.15) is 30.4 Å². The Hall–Kier alpha value is -2.36. The maximum atomic E-state index is 13.0. The summed E-state index contributed by atoms with van der Waals surface area (Å²) in [4.78, 5) is 49.8. The fourth-order valence-electron chi connectivity index (χ4n) is 6.63. The lowest BCUT2D eigenvalue weighted by atomic mass is 9.96. The summed E-state index contributed by atoms with van der Waals surface area (Å²) in [5.41, 5.74) is 0. The largest absolute Gasteiger partial charge is 0.481 e. The Labute approximate surface area is 323 Å². The number of carboxylic acids is 1. The van der Waals surface area contributed by atoms with Crippen molar-refractivity contribution in [2.45, 2.75) is 204 Å². The summed E-state index contributed by atoms with van der Waals surface area (Å²) in [6.45, 7) is 1.22. The molecule has 1 aliphatic heterocycles. The Morgan fingerprint density at radius 3 is 1.61 bits per heavy atom. The van der Waals surface area contributed by atoms with Crippen molar-refractivity contribution in [2.75, 3.05) is 26.4 Å². The summed E-state index contributed by atoms with van der Waals surface area (Å²) < 4.78 is 11.6. The Kier molecular flexibility index (Phi) is 30.2. The summed E-state index contributed by atoms with van der Waals surface area (Å²) in [6.07, 6.45) is 18.2. The van der Waals surface area contributed by atoms with E-state index in [4.69, 9.17) is 19.7 Å². The smallest absolute Gasteiger partial charge is 0.305 e. The molecule has 1 aliphatic rings. The van der Waals surface area contributed by atoms with Crippen LogP contribution in [0.25, 0.3) is 0 Å². The van der Waals surface area contributed by atoms with Crippen LogP contribution in [0.15, 0.2) is 0 Å². The van der Waals surface area contributed by atoms with Crippen molar-refractivity contribution >= 4 is 23.7 Å². The van der Waals surface area contributed by atoms with Gasteiger partial charge < -0.3 is 51.0 Å². The fourth-order valence-corrected chi connectivity index (χ4v) is 6.63. The third kappa shape index (κ3) is 24.2. The predicted octanol–water partition coefficient (Wildman–Crippen LogP) is 4.38. The predicted molar refractivity (Wildman–Crippen MR) is 206 cm³/mol. The number of rotatable bonds is 35. The first-order valence-electron chi connectivity index (χ1n) is 21.1. The van der Waals surface area contributed by atoms with Crippen molar-refractivity contribution in [3.05, 3.63) is 0 Å². The van der Waals surface area contributed by atoms with Crippen LogP contribution in [0.3, 0.4) is 0 Å². The van der Waals surface area contributed by atoms with Crippen molar-refractivity contribution in [2.24, 2.45) is 0 Å². The van der Waals surface area contributed by atoms with E-state index < -0.39 is 61.8 Å². The zero-order valence-corrected chi connectivity index (χ0v) is 33.2. The van der Waals surface area contributed by atoms with Crippen LogP contribution in [0.1, 0.15) is 167 Å². The number of aliphatic hydroxyl groups is 4. The van der Waals surface area contributed by atoms with Gasteiger partial charge >= 0.3 is 5.97 Å². The molecule has 0 aliphatic carbocycles. The highest BCUT2D eigenvalue weighted by Crippen LogP contribution is 2.23. The molecule has 0 saturated carbocycles. The van der Waals surface area contributed by atoms with Gasteiger partial charge in [0.2, 0.25) is 17.7 Å². The van der Waals surface area contributed by atoms with Crippen molar-refractivity contribution in [1.82, 2.24) is 16.0 Å². The van der Waals surface area contributed by atoms with Crippen LogP contribution >= 0.6 is 0 Å². The molecule has 1 heterocycles. The van der Waals surface area contributed by atoms with Gasteiger partial charge in [0, 0.05) is 26.0 Å². The molecule has 8 N–H and O–H groups in total. The molecule has 6 atom stereocenters. The minimum Gasteiger partial charge on any atom is -0.481 e. The number of unbranched alkanes of at least 4 members (excludes halogenated alkanes) is 20. The number of carbonyl (C=O) groups excluding carboxylic acids is 3. The first-order chi connectivity index (χ1) is 26.1. The van der Waals surface area contributed by atoms with Gasteiger partial charge in [0.05, 0.1) is 19.6 Å². The number of aliphatic hydroxyl groups excluding tert-OH is 4. The first-order valence-corrected chi connectivity index (χ1v) is 21.1. The van der Waals surface area contributed by atoms with Crippen LogP contribution in [0.2, 0.25) is 0 Å². The van der Waals surface area contributed by atoms with Crippen LogP contribution in [0.4, 0.5) is 0 Å². The molecule has 1 saturated heterocycles. The molecule has 0 aromatic carbocycles. The topological polar surface area (TPSA) is 224 Å². The first kappa shape index (κ1) is 49.7. The maximum absolute atomic E-state index is 13.0. The number of amides is 3. The molecule has 0 radical (unpaired) electrons. The summed E-state index contributed by atoms with van der Waals surface area (Å²) in [7, 11) is 0. The normalized spacial score (nSPS) is 20.4. The van der Waals surface area contributed by atoms with E-state index >= 15 is 0 Å². The van der Waals surface area contributed by atoms with Gasteiger partial charge in [-0.15, -0.1) is 0 Å². The molecular weight excluding hydrogens is 698 g/mol. The highest BCUT2D eigenvalue weighted by Gasteiger charge is 2.46. The Balaban J connectivity index is 2.64. The molecule has 3 amide bonds. The molecule has 0 bridgehead atoms. The third-order valence-corrected chi connectivity index (χ3v) is 9.99. The molecule has 316 valence electrons. The van der Waals surface area contributed by atoms with Crippen LogP contribution in [-0.2, 0) is 28.7 Å². The number of carboxylic acid groups (broad SMARTS) is 1. The number of hydrogen-bond donors (Lipinski definition) is 8. The standard InChI is InChI=1S/C40H75N3O11/c1-2-3-4-5-6-7-9-12-15-18-21-24-33(46)42-31(39(52)41-27-26-35(48)49)30-53-40-36(38(51)37(50)32(29-45)54-40)43-34(47)25-22-19-16-13-10-8-11-14-17-20-23-28-44/h31-32,36-38,40,44-45,50-51H,2-30H2,1H3,(H,41,52)(H,42,46)(H,43,47)(H,48,49)/t31-,32+,36+,37+,38+,40+/m0/s1. The quantitative estimate of drug-likeness (QED) is 0.0422. The average molecular weight is 774 g/mol. The molecule has 1 fully saturated rings. The zero-order chi connectivity index (χ0) is 39.8. The molecule has 0 spiro atoms. The second-order valence-corrected chi connectivity index (χ2v) is 14.8. The maximum Gasteiger partial charge on any atom is 0.305 e. The van der Waals surface area contributed by atoms with E-state index in [1.807, 2.05) is 0 Å². The van der Waals surface area contributed by atoms with Gasteiger partial charge in [0.25, 0.3) is 0 Å². The van der Waals surface area contributed by atoms with Gasteiger partial charge in [-0.05, 0) is 19.3 Å². The van der Waals surface area contributed by atoms with E-state index in [2.05, 4.69) is 22.9 Å². The number of aliphatic carboxylic acids is 1.